The molecule has 0 heterocycles. The Hall–Kier alpha value is -1.96. The fourth-order valence-electron chi connectivity index (χ4n) is 1.77. The first-order valence-corrected chi connectivity index (χ1v) is 7.20. The van der Waals surface area contributed by atoms with Gasteiger partial charge in [0.2, 0.25) is 0 Å². The van der Waals surface area contributed by atoms with E-state index in [1.165, 1.54) is 0 Å². The second-order valence-corrected chi connectivity index (χ2v) is 4.81. The molecule has 0 radical (unpaired) electrons. The third-order valence-corrected chi connectivity index (χ3v) is 2.85. The van der Waals surface area contributed by atoms with Crippen LogP contribution >= 0.6 is 0 Å². The Balaban J connectivity index is 2.06. The summed E-state index contributed by atoms with van der Waals surface area (Å²) < 4.78 is 45.0. The Bertz CT molecular complexity index is 481. The van der Waals surface area contributed by atoms with E-state index in [1.54, 1.807) is 7.11 Å². The van der Waals surface area contributed by atoms with Crippen LogP contribution in [-0.4, -0.2) is 45.6 Å². The van der Waals surface area contributed by atoms with Crippen LogP contribution in [0.1, 0.15) is 12.0 Å². The highest BCUT2D eigenvalue weighted by Crippen LogP contribution is 2.14. The maximum atomic E-state index is 11.8. The molecule has 23 heavy (non-hydrogen) atoms. The van der Waals surface area contributed by atoms with Crippen molar-refractivity contribution in [3.8, 4) is 5.75 Å². The smallest absolute Gasteiger partial charge is 0.411 e. The zero-order chi connectivity index (χ0) is 17.1. The van der Waals surface area contributed by atoms with E-state index in [9.17, 15) is 18.0 Å². The van der Waals surface area contributed by atoms with Crippen molar-refractivity contribution in [2.24, 2.45) is 0 Å². The lowest BCUT2D eigenvalue weighted by molar-refractivity contribution is -0.173. The van der Waals surface area contributed by atoms with Gasteiger partial charge in [-0.3, -0.25) is 0 Å². The van der Waals surface area contributed by atoms with Crippen LogP contribution in [0.3, 0.4) is 0 Å². The molecule has 130 valence electrons. The minimum absolute atomic E-state index is 0.0520. The summed E-state index contributed by atoms with van der Waals surface area (Å²) in [6, 6.07) is 7.17. The summed E-state index contributed by atoms with van der Waals surface area (Å²) >= 11 is 0. The fourth-order valence-corrected chi connectivity index (χ4v) is 1.77. The molecule has 1 rings (SSSR count). The highest BCUT2D eigenvalue weighted by atomic mass is 19.4. The SMILES string of the molecule is COc1cccc(CCNC(=O)NCCCOCC(F)(F)F)c1. The molecule has 0 spiro atoms. The molecule has 0 aromatic heterocycles. The first kappa shape index (κ1) is 19.1. The molecule has 5 nitrogen and oxygen atoms in total. The zero-order valence-corrected chi connectivity index (χ0v) is 12.9. The minimum atomic E-state index is -4.31. The van der Waals surface area contributed by atoms with Crippen molar-refractivity contribution in [1.29, 1.82) is 0 Å². The van der Waals surface area contributed by atoms with E-state index in [2.05, 4.69) is 15.4 Å². The van der Waals surface area contributed by atoms with E-state index in [4.69, 9.17) is 4.74 Å². The van der Waals surface area contributed by atoms with Crippen molar-refractivity contribution < 1.29 is 27.4 Å². The number of methoxy groups -OCH3 is 1. The topological polar surface area (TPSA) is 59.6 Å². The molecule has 1 aromatic carbocycles. The van der Waals surface area contributed by atoms with Gasteiger partial charge in [-0.15, -0.1) is 0 Å². The highest BCUT2D eigenvalue weighted by molar-refractivity contribution is 5.73. The average molecular weight is 334 g/mol. The van der Waals surface area contributed by atoms with E-state index in [-0.39, 0.29) is 19.2 Å². The van der Waals surface area contributed by atoms with Crippen LogP contribution in [0.5, 0.6) is 5.75 Å². The summed E-state index contributed by atoms with van der Waals surface area (Å²) in [5.41, 5.74) is 1.03. The monoisotopic (exact) mass is 334 g/mol. The molecule has 0 saturated heterocycles. The van der Waals surface area contributed by atoms with Crippen molar-refractivity contribution in [3.05, 3.63) is 29.8 Å². The van der Waals surface area contributed by atoms with Crippen LogP contribution in [0.15, 0.2) is 24.3 Å². The number of hydrogen-bond acceptors (Lipinski definition) is 3. The number of amides is 2. The Morgan fingerprint density at radius 1 is 1.22 bits per heavy atom. The molecular formula is C15H21F3N2O3. The molecule has 0 fully saturated rings. The third kappa shape index (κ3) is 9.62. The summed E-state index contributed by atoms with van der Waals surface area (Å²) in [4.78, 5) is 11.5. The molecule has 0 atom stereocenters. The molecule has 8 heteroatoms. The Kier molecular flexibility index (Phi) is 8.25. The second kappa shape index (κ2) is 9.94. The quantitative estimate of drug-likeness (QED) is 0.682. The Labute approximate surface area is 133 Å². The Morgan fingerprint density at radius 2 is 1.96 bits per heavy atom. The number of hydrogen-bond donors (Lipinski definition) is 2. The summed E-state index contributed by atoms with van der Waals surface area (Å²) in [5.74, 6) is 0.755. The van der Waals surface area contributed by atoms with E-state index in [0.29, 0.717) is 19.4 Å². The Morgan fingerprint density at radius 3 is 2.65 bits per heavy atom. The molecule has 0 unspecified atom stereocenters. The predicted octanol–water partition coefficient (Wildman–Crippen LogP) is 2.51. The van der Waals surface area contributed by atoms with Gasteiger partial charge < -0.3 is 20.1 Å². The molecule has 0 aliphatic rings. The first-order chi connectivity index (χ1) is 10.9. The van der Waals surface area contributed by atoms with Crippen LogP contribution in [0.4, 0.5) is 18.0 Å². The van der Waals surface area contributed by atoms with Crippen LogP contribution in [0.2, 0.25) is 0 Å². The predicted molar refractivity (Wildman–Crippen MR) is 79.6 cm³/mol. The number of nitrogens with one attached hydrogen (secondary N) is 2. The largest absolute Gasteiger partial charge is 0.497 e. The summed E-state index contributed by atoms with van der Waals surface area (Å²) in [6.45, 7) is -0.615. The molecule has 2 amide bonds. The normalized spacial score (nSPS) is 11.1. The number of carbonyl (C=O) groups is 1. The van der Waals surface area contributed by atoms with E-state index < -0.39 is 12.8 Å². The standard InChI is InChI=1S/C15H21F3N2O3/c1-22-13-5-2-4-12(10-13)6-8-20-14(21)19-7-3-9-23-11-15(16,17)18/h2,4-5,10H,3,6-9,11H2,1H3,(H2,19,20,21). The lowest BCUT2D eigenvalue weighted by atomic mass is 10.1. The molecular weight excluding hydrogens is 313 g/mol. The van der Waals surface area contributed by atoms with Crippen molar-refractivity contribution in [1.82, 2.24) is 10.6 Å². The number of ether oxygens (including phenoxy) is 2. The van der Waals surface area contributed by atoms with E-state index >= 15 is 0 Å². The van der Waals surface area contributed by atoms with Gasteiger partial charge in [0, 0.05) is 19.7 Å². The van der Waals surface area contributed by atoms with Gasteiger partial charge in [0.1, 0.15) is 12.4 Å². The average Bonchev–Trinajstić information content (AvgIpc) is 2.50. The second-order valence-electron chi connectivity index (χ2n) is 4.81. The van der Waals surface area contributed by atoms with Crippen molar-refractivity contribution in [2.45, 2.75) is 19.0 Å². The molecule has 0 aliphatic heterocycles. The van der Waals surface area contributed by atoms with Crippen molar-refractivity contribution in [2.75, 3.05) is 33.4 Å². The number of carbonyl (C=O) groups excluding carboxylic acids is 1. The molecule has 0 bridgehead atoms. The lowest BCUT2D eigenvalue weighted by Crippen LogP contribution is -2.37. The number of rotatable bonds is 9. The van der Waals surface area contributed by atoms with Gasteiger partial charge in [-0.1, -0.05) is 12.1 Å². The van der Waals surface area contributed by atoms with Gasteiger partial charge in [0.25, 0.3) is 0 Å². The van der Waals surface area contributed by atoms with Gasteiger partial charge in [0.15, 0.2) is 0 Å². The van der Waals surface area contributed by atoms with Gasteiger partial charge in [-0.2, -0.15) is 13.2 Å². The number of benzene rings is 1. The van der Waals surface area contributed by atoms with Crippen LogP contribution < -0.4 is 15.4 Å². The number of alkyl halides is 3. The number of halogens is 3. The molecule has 1 aromatic rings. The van der Waals surface area contributed by atoms with Gasteiger partial charge in [0.05, 0.1) is 7.11 Å². The lowest BCUT2D eigenvalue weighted by Gasteiger charge is -2.09. The van der Waals surface area contributed by atoms with Crippen LogP contribution in [-0.2, 0) is 11.2 Å². The van der Waals surface area contributed by atoms with E-state index in [0.717, 1.165) is 11.3 Å². The maximum absolute atomic E-state index is 11.8. The molecule has 0 saturated carbocycles. The highest BCUT2D eigenvalue weighted by Gasteiger charge is 2.27. The summed E-state index contributed by atoms with van der Waals surface area (Å²) in [6.07, 6.45) is -3.34. The number of urea groups is 1. The van der Waals surface area contributed by atoms with Gasteiger partial charge in [-0.25, -0.2) is 4.79 Å². The van der Waals surface area contributed by atoms with E-state index in [1.807, 2.05) is 24.3 Å². The zero-order valence-electron chi connectivity index (χ0n) is 12.9. The summed E-state index contributed by atoms with van der Waals surface area (Å²) in [7, 11) is 1.59. The minimum Gasteiger partial charge on any atom is -0.497 e. The van der Waals surface area contributed by atoms with Gasteiger partial charge in [-0.05, 0) is 30.5 Å². The fraction of sp³-hybridized carbons (Fsp3) is 0.533. The van der Waals surface area contributed by atoms with Crippen LogP contribution in [0.25, 0.3) is 0 Å². The first-order valence-electron chi connectivity index (χ1n) is 7.20. The van der Waals surface area contributed by atoms with Gasteiger partial charge >= 0.3 is 12.2 Å². The molecule has 0 aliphatic carbocycles. The molecule has 2 N–H and O–H groups in total. The summed E-state index contributed by atoms with van der Waals surface area (Å²) in [5, 5.41) is 5.23. The maximum Gasteiger partial charge on any atom is 0.411 e. The third-order valence-electron chi connectivity index (χ3n) is 2.85. The van der Waals surface area contributed by atoms with Crippen molar-refractivity contribution in [3.63, 3.8) is 0 Å². The van der Waals surface area contributed by atoms with Crippen LogP contribution in [0, 0.1) is 0 Å². The van der Waals surface area contributed by atoms with Crippen molar-refractivity contribution >= 4 is 6.03 Å².